The predicted molar refractivity (Wildman–Crippen MR) is 637 cm³/mol. The molecule has 2 fully saturated rings. The minimum absolute atomic E-state index is 0.0704. The lowest BCUT2D eigenvalue weighted by Gasteiger charge is -2.25. The topological polar surface area (TPSA) is 125 Å². The van der Waals surface area contributed by atoms with Crippen molar-refractivity contribution < 1.29 is 83.0 Å². The maximum Gasteiger partial charge on any atom is 0.508 e. The fraction of sp³-hybridized carbons (Fsp3) is 0.723. The number of quaternary nitrogens is 1. The van der Waals surface area contributed by atoms with Gasteiger partial charge in [0.1, 0.15) is 41.4 Å². The van der Waals surface area contributed by atoms with Crippen LogP contribution < -0.4 is 26.1 Å². The van der Waals surface area contributed by atoms with Crippen molar-refractivity contribution in [2.75, 3.05) is 211 Å². The van der Waals surface area contributed by atoms with Gasteiger partial charge in [-0.2, -0.15) is 160 Å². The third kappa shape index (κ3) is 124. The van der Waals surface area contributed by atoms with Crippen LogP contribution in [0.2, 0.25) is 0 Å². The number of halogens is 2. The number of thiol groups is 11. The Bertz CT molecular complexity index is 2690. The number of thioether (sulfide) groups is 6. The Hall–Kier alpha value is 1.33. The molecule has 0 amide bonds. The molecular weight excluding hydrogens is 2110 g/mol. The highest BCUT2D eigenvalue weighted by atomic mass is 127. The summed E-state index contributed by atoms with van der Waals surface area (Å²) in [6.45, 7) is 47.5. The lowest BCUT2D eigenvalue weighted by molar-refractivity contribution is -0.826. The molecule has 12 atom stereocenters. The average molecular weight is 2300 g/mol. The van der Waals surface area contributed by atoms with Gasteiger partial charge in [-0.1, -0.05) is 194 Å². The van der Waals surface area contributed by atoms with Crippen LogP contribution in [-0.4, -0.2) is 242 Å². The van der Waals surface area contributed by atoms with Crippen LogP contribution in [0.5, 0.6) is 0 Å². The molecule has 0 saturated carbocycles. The van der Waals surface area contributed by atoms with Crippen LogP contribution in [0.15, 0.2) is 156 Å². The van der Waals surface area contributed by atoms with E-state index in [2.05, 4.69) is 327 Å². The zero-order valence-electron chi connectivity index (χ0n) is 85.9. The molecule has 0 aromatic heterocycles. The maximum atomic E-state index is 11.2. The van der Waals surface area contributed by atoms with Crippen LogP contribution >= 0.6 is 207 Å². The molecule has 2 saturated heterocycles. The molecule has 133 heavy (non-hydrogen) atoms. The second kappa shape index (κ2) is 127. The molecule has 3 aromatic rings. The van der Waals surface area contributed by atoms with Gasteiger partial charge in [0.25, 0.3) is 1.45 Å². The molecule has 13 nitrogen and oxygen atoms in total. The Morgan fingerprint density at radius 3 is 1.17 bits per heavy atom. The van der Waals surface area contributed by atoms with Crippen molar-refractivity contribution in [1.29, 1.82) is 1.45 Å². The van der Waals surface area contributed by atoms with Gasteiger partial charge in [-0.3, -0.25) is 9.62 Å². The van der Waals surface area contributed by atoms with E-state index >= 15 is 0 Å². The van der Waals surface area contributed by atoms with Crippen LogP contribution in [0.1, 0.15) is 186 Å². The molecule has 0 spiro atoms. The SMILES string of the molecule is C=CC(C)CC.C=CC(C)CC.C=CC(C)CC.CCC(C)CCSCCOCCSCCC(C)CC(CCSc1ccccc1)CC(CC)CCSCC1COC(=O)O1.CCC(CCSC)CC(C)CCSCCOC.COCCS.CS.C[NH+]1C=CN(CCCS)C1.O=C1OCC(CS)O1.SCCOCCS.SCCOCCS.S[IH+].Sc1ccccc1.Sc1ccccc1.[3H]F. The highest BCUT2D eigenvalue weighted by molar-refractivity contribution is 8.00. The van der Waals surface area contributed by atoms with E-state index in [9.17, 15) is 9.59 Å². The molecule has 32 heteroatoms. The zero-order chi connectivity index (χ0) is 103. The fourth-order valence-corrected chi connectivity index (χ4v) is 17.6. The Balaban J connectivity index is -0.000000201. The summed E-state index contributed by atoms with van der Waals surface area (Å²) in [6.07, 6.45) is 33.6. The number of hydrogen-bond donors (Lipinski definition) is 12. The quantitative estimate of drug-likeness (QED) is 0.00655. The molecule has 12 unspecified atom stereocenters. The van der Waals surface area contributed by atoms with Gasteiger partial charge < -0.3 is 47.5 Å². The smallest absolute Gasteiger partial charge is 0.430 e. The number of hydrogen-bond acceptors (Lipinski definition) is 29. The molecule has 3 aliphatic heterocycles. The molecular formula is C101H192FIN2O11S17+2. The number of cyclic esters (lactones) is 4. The van der Waals surface area contributed by atoms with Crippen molar-refractivity contribution in [3.63, 3.8) is 0 Å². The Morgan fingerprint density at radius 2 is 0.857 bits per heavy atom. The summed E-state index contributed by atoms with van der Waals surface area (Å²) in [7, 11) is 9.14. The van der Waals surface area contributed by atoms with E-state index in [1.165, 1.54) is 141 Å². The van der Waals surface area contributed by atoms with Crippen LogP contribution in [0, 0.1) is 53.3 Å². The summed E-state index contributed by atoms with van der Waals surface area (Å²) < 4.78 is 57.6. The number of nitrogens with one attached hydrogen (secondary N) is 1. The van der Waals surface area contributed by atoms with E-state index in [1.54, 1.807) is 41.7 Å². The second-order valence-electron chi connectivity index (χ2n) is 31.1. The van der Waals surface area contributed by atoms with Crippen molar-refractivity contribution in [2.45, 2.75) is 213 Å². The van der Waals surface area contributed by atoms with E-state index in [0.29, 0.717) is 36.7 Å². The van der Waals surface area contributed by atoms with Gasteiger partial charge >= 0.3 is 33.5 Å². The molecule has 3 aromatic carbocycles. The van der Waals surface area contributed by atoms with Gasteiger partial charge in [0.15, 0.2) is 6.67 Å². The van der Waals surface area contributed by atoms with Crippen molar-refractivity contribution in [1.82, 2.24) is 4.90 Å². The minimum atomic E-state index is -0.580. The molecule has 1 N–H and O–H groups in total. The number of ether oxygens (including phenoxy) is 9. The Labute approximate surface area is 916 Å². The van der Waals surface area contributed by atoms with E-state index < -0.39 is 12.3 Å². The Morgan fingerprint density at radius 1 is 0.481 bits per heavy atom. The summed E-state index contributed by atoms with van der Waals surface area (Å²) in [6, 6.07) is 30.4. The highest BCUT2D eigenvalue weighted by Gasteiger charge is 2.26. The van der Waals surface area contributed by atoms with E-state index in [0.717, 1.165) is 175 Å². The van der Waals surface area contributed by atoms with Gasteiger partial charge in [0, 0.05) is 93.0 Å². The number of carbonyl (C=O) groups excluding carboxylic acids is 2. The summed E-state index contributed by atoms with van der Waals surface area (Å²) in [5, 5.41) is 0. The number of carbonyl (C=O) groups is 2. The van der Waals surface area contributed by atoms with Crippen LogP contribution in [0.3, 0.4) is 0 Å². The summed E-state index contributed by atoms with van der Waals surface area (Å²) in [5.41, 5.74) is 0. The monoisotopic (exact) mass is 2300 g/mol. The van der Waals surface area contributed by atoms with Gasteiger partial charge in [-0.15, -0.1) is 56.8 Å². The Kier molecular flexibility index (Phi) is 143. The molecule has 6 rings (SSSR count). The van der Waals surface area contributed by atoms with Crippen molar-refractivity contribution in [3.05, 3.63) is 141 Å². The molecule has 0 aliphatic carbocycles. The lowest BCUT2D eigenvalue weighted by atomic mass is 9.83. The first-order chi connectivity index (χ1) is 64.8. The second-order valence-corrected chi connectivity index (χ2v) is 42.2. The zero-order valence-corrected chi connectivity index (χ0v) is 102. The van der Waals surface area contributed by atoms with Crippen LogP contribution in [0.4, 0.5) is 14.3 Å². The van der Waals surface area contributed by atoms with Gasteiger partial charge in [0.05, 0.1) is 66.1 Å². The molecule has 786 valence electrons. The maximum absolute atomic E-state index is 11.2. The standard InChI is InChI=1S/C34H58O4S4.C14H30OS2.C7H14N2S.2C6H6S.3C6H12.C4H6O3S.2C4H10OS2.C3H8OS.CH4S.FH.H2IS/c1-5-28(3)12-18-39-22-16-36-17-23-40-19-13-29(4)24-31(15-21-42-33-10-8-7-9-11-33)25-30(6-2)14-20-41-27-32-26-37-34(35)38-32;1-5-14(7-9-16-4)12-13(2)6-10-17-11-8-15-3;1-8-4-5-9(7-8)3-2-6-10;2*7-6-4-2-1-3-5-6;3*1-4-6(3)5-2;5-4-6-1-3(2-8)7-4;2*6-3-1-5-2-4-7;1-4-2-3-5;1-2;;1-2/h7-11,28-32H,5-6,12-27H2,1-4H3;13-14H,5-12H2,1-4H3;4-5,10H,2-3,6-7H2,1H3;2*1-5,7H;3*4,6H,1,5H2,2-3H3;3,8H,1-2H2;2*6-7H,1-4H2;5H,2-3H2,1H3;2H,1H3;1H;1-2H/q;;;;;;;;;;;;;;+1/p+1/i/hT. The first-order valence-corrected chi connectivity index (χ1v) is 63.9. The minimum Gasteiger partial charge on any atom is -0.430 e. The number of rotatable bonds is 59. The predicted octanol–water partition coefficient (Wildman–Crippen LogP) is 25.5. The lowest BCUT2D eigenvalue weighted by Crippen LogP contribution is -3.25. The molecule has 3 aliphatic rings. The summed E-state index contributed by atoms with van der Waals surface area (Å²) >= 11 is 53.1. The van der Waals surface area contributed by atoms with Crippen molar-refractivity contribution in [2.24, 2.45) is 53.3 Å². The molecule has 0 bridgehead atoms. The first kappa shape index (κ1) is 150. The van der Waals surface area contributed by atoms with Gasteiger partial charge in [-0.25, -0.2) is 9.59 Å². The summed E-state index contributed by atoms with van der Waals surface area (Å²) in [4.78, 5) is 28.5. The van der Waals surface area contributed by atoms with Gasteiger partial charge in [-0.05, 0) is 207 Å². The molecule has 3 heterocycles. The van der Waals surface area contributed by atoms with E-state index in [1.807, 2.05) is 138 Å². The number of benzene rings is 3. The molecule has 0 radical (unpaired) electrons. The van der Waals surface area contributed by atoms with E-state index in [4.69, 9.17) is 33.1 Å². The van der Waals surface area contributed by atoms with Crippen molar-refractivity contribution in [3.8, 4) is 0 Å². The van der Waals surface area contributed by atoms with E-state index in [-0.39, 0.29) is 12.2 Å². The third-order valence-electron chi connectivity index (χ3n) is 19.7. The van der Waals surface area contributed by atoms with Crippen molar-refractivity contribution >= 4 is 219 Å². The number of allylic oxidation sites excluding steroid dienone is 3. The summed E-state index contributed by atoms with van der Waals surface area (Å²) in [5.74, 6) is 24.3. The fourth-order valence-electron chi connectivity index (χ4n) is 10.5. The van der Waals surface area contributed by atoms with Crippen LogP contribution in [-0.2, 0) is 42.6 Å². The average Bonchev–Trinajstić information content (AvgIpc) is 1.75. The first-order valence-electron chi connectivity index (χ1n) is 47.6. The number of methoxy groups -OCH3 is 2. The largest absolute Gasteiger partial charge is 0.508 e. The van der Waals surface area contributed by atoms with Gasteiger partial charge in [0.2, 0.25) is 0 Å². The normalized spacial score (nSPS) is 15.2. The highest BCUT2D eigenvalue weighted by Crippen LogP contribution is 2.33. The number of nitrogens with zero attached hydrogens (tertiary/aromatic N) is 1. The van der Waals surface area contributed by atoms with Crippen LogP contribution in [0.25, 0.3) is 0 Å². The third-order valence-corrected chi connectivity index (χ3v) is 27.7.